The molecule has 1 heterocycles. The molecule has 0 aliphatic carbocycles. The number of carbonyl (C=O) groups excluding carboxylic acids is 1. The van der Waals surface area contributed by atoms with E-state index in [9.17, 15) is 4.79 Å². The average Bonchev–Trinajstić information content (AvgIpc) is 2.63. The van der Waals surface area contributed by atoms with Gasteiger partial charge in [-0.25, -0.2) is 0 Å². The molecule has 0 radical (unpaired) electrons. The fourth-order valence-corrected chi connectivity index (χ4v) is 2.50. The van der Waals surface area contributed by atoms with E-state index in [-0.39, 0.29) is 18.6 Å². The molecule has 15 heavy (non-hydrogen) atoms. The van der Waals surface area contributed by atoms with Gasteiger partial charge in [-0.2, -0.15) is 0 Å². The fraction of sp³-hybridized carbons (Fsp3) is 0.444. The van der Waals surface area contributed by atoms with Crippen LogP contribution in [0.4, 0.5) is 0 Å². The largest absolute Gasteiger partial charge is 0.394 e. The molecule has 1 rings (SSSR count). The summed E-state index contributed by atoms with van der Waals surface area (Å²) < 4.78 is 5.62. The number of aliphatic hydroxyl groups excluding tert-OH is 1. The number of methoxy groups -OCH3 is 1. The van der Waals surface area contributed by atoms with Gasteiger partial charge in [-0.1, -0.05) is 0 Å². The molecule has 0 fully saturated rings. The minimum absolute atomic E-state index is 0.136. The second-order valence-corrected chi connectivity index (χ2v) is 4.68. The highest BCUT2D eigenvalue weighted by Gasteiger charge is 2.15. The van der Waals surface area contributed by atoms with Crippen molar-refractivity contribution < 1.29 is 14.6 Å². The first-order valence-corrected chi connectivity index (χ1v) is 6.00. The number of thiophene rings is 1. The Morgan fingerprint density at radius 3 is 3.00 bits per heavy atom. The van der Waals surface area contributed by atoms with Crippen LogP contribution in [-0.4, -0.2) is 37.4 Å². The molecule has 4 nitrogen and oxygen atoms in total. The Hall–Kier alpha value is -0.430. The van der Waals surface area contributed by atoms with E-state index in [0.717, 1.165) is 4.47 Å². The molecular weight excluding hydrogens is 282 g/mol. The van der Waals surface area contributed by atoms with Crippen LogP contribution in [0.25, 0.3) is 0 Å². The van der Waals surface area contributed by atoms with Crippen LogP contribution in [-0.2, 0) is 4.74 Å². The number of hydrogen-bond acceptors (Lipinski definition) is 4. The molecule has 0 spiro atoms. The average molecular weight is 294 g/mol. The molecular formula is C9H12BrNO3S. The van der Waals surface area contributed by atoms with Crippen molar-refractivity contribution in [3.63, 3.8) is 0 Å². The molecule has 1 amide bonds. The van der Waals surface area contributed by atoms with E-state index in [0.29, 0.717) is 11.5 Å². The number of halogens is 1. The second kappa shape index (κ2) is 6.22. The Labute approximate surface area is 100 Å². The Bertz CT molecular complexity index is 329. The summed E-state index contributed by atoms with van der Waals surface area (Å²) in [5.74, 6) is -0.201. The van der Waals surface area contributed by atoms with Crippen LogP contribution in [0.2, 0.25) is 0 Å². The van der Waals surface area contributed by atoms with Crippen molar-refractivity contribution in [3.8, 4) is 0 Å². The first-order valence-electron chi connectivity index (χ1n) is 4.32. The van der Waals surface area contributed by atoms with Gasteiger partial charge < -0.3 is 15.2 Å². The third-order valence-corrected chi connectivity index (χ3v) is 3.58. The van der Waals surface area contributed by atoms with Crippen molar-refractivity contribution in [2.45, 2.75) is 6.04 Å². The summed E-state index contributed by atoms with van der Waals surface area (Å²) in [5.41, 5.74) is 0. The lowest BCUT2D eigenvalue weighted by Crippen LogP contribution is -2.40. The lowest BCUT2D eigenvalue weighted by molar-refractivity contribution is 0.0843. The third-order valence-electron chi connectivity index (χ3n) is 1.75. The van der Waals surface area contributed by atoms with E-state index in [1.165, 1.54) is 18.4 Å². The molecule has 6 heteroatoms. The highest BCUT2D eigenvalue weighted by molar-refractivity contribution is 9.10. The van der Waals surface area contributed by atoms with Crippen LogP contribution < -0.4 is 5.32 Å². The molecule has 0 aromatic carbocycles. The van der Waals surface area contributed by atoms with E-state index >= 15 is 0 Å². The van der Waals surface area contributed by atoms with Gasteiger partial charge in [0, 0.05) is 11.6 Å². The summed E-state index contributed by atoms with van der Waals surface area (Å²) in [4.78, 5) is 12.3. The van der Waals surface area contributed by atoms with Gasteiger partial charge in [0.05, 0.1) is 19.3 Å². The number of hydrogen-bond donors (Lipinski definition) is 2. The van der Waals surface area contributed by atoms with Gasteiger partial charge in [-0.05, 0) is 27.4 Å². The number of aliphatic hydroxyl groups is 1. The molecule has 0 bridgehead atoms. The van der Waals surface area contributed by atoms with Crippen molar-refractivity contribution in [3.05, 3.63) is 20.8 Å². The van der Waals surface area contributed by atoms with Crippen LogP contribution >= 0.6 is 27.3 Å². The van der Waals surface area contributed by atoms with Crippen LogP contribution in [0, 0.1) is 0 Å². The van der Waals surface area contributed by atoms with Gasteiger partial charge in [-0.15, -0.1) is 11.3 Å². The van der Waals surface area contributed by atoms with E-state index in [1.807, 2.05) is 11.4 Å². The lowest BCUT2D eigenvalue weighted by Gasteiger charge is -2.14. The molecule has 0 aliphatic rings. The van der Waals surface area contributed by atoms with Crippen molar-refractivity contribution in [2.24, 2.45) is 0 Å². The summed E-state index contributed by atoms with van der Waals surface area (Å²) in [5, 5.41) is 13.5. The number of amides is 1. The summed E-state index contributed by atoms with van der Waals surface area (Å²) >= 11 is 4.62. The van der Waals surface area contributed by atoms with E-state index in [1.54, 1.807) is 0 Å². The Balaban J connectivity index is 2.58. The van der Waals surface area contributed by atoms with Crippen LogP contribution in [0.15, 0.2) is 15.9 Å². The van der Waals surface area contributed by atoms with E-state index < -0.39 is 0 Å². The summed E-state index contributed by atoms with van der Waals surface area (Å²) in [6, 6.07) is 1.45. The maximum Gasteiger partial charge on any atom is 0.262 e. The second-order valence-electron chi connectivity index (χ2n) is 2.91. The minimum atomic E-state index is -0.364. The molecule has 1 aromatic heterocycles. The maximum atomic E-state index is 11.7. The van der Waals surface area contributed by atoms with Gasteiger partial charge in [-0.3, -0.25) is 4.79 Å². The Kier molecular flexibility index (Phi) is 5.24. The zero-order valence-corrected chi connectivity index (χ0v) is 10.6. The standard InChI is InChI=1S/C9H12BrNO3S/c1-14-5-6(4-12)11-9(13)8-7(10)2-3-15-8/h2-3,6,12H,4-5H2,1H3,(H,11,13). The molecule has 0 saturated heterocycles. The van der Waals surface area contributed by atoms with Gasteiger partial charge in [0.2, 0.25) is 0 Å². The number of ether oxygens (including phenoxy) is 1. The molecule has 0 aliphatic heterocycles. The summed E-state index contributed by atoms with van der Waals surface area (Å²) in [6.45, 7) is 0.161. The van der Waals surface area contributed by atoms with E-state index in [4.69, 9.17) is 9.84 Å². The van der Waals surface area contributed by atoms with Crippen LogP contribution in [0.3, 0.4) is 0 Å². The highest BCUT2D eigenvalue weighted by Crippen LogP contribution is 2.22. The van der Waals surface area contributed by atoms with Crippen molar-refractivity contribution >= 4 is 33.2 Å². The van der Waals surface area contributed by atoms with Crippen molar-refractivity contribution in [1.29, 1.82) is 0 Å². The zero-order valence-electron chi connectivity index (χ0n) is 8.20. The maximum absolute atomic E-state index is 11.7. The van der Waals surface area contributed by atoms with Gasteiger partial charge in [0.1, 0.15) is 4.88 Å². The quantitative estimate of drug-likeness (QED) is 0.859. The first-order chi connectivity index (χ1) is 7.19. The zero-order chi connectivity index (χ0) is 11.3. The highest BCUT2D eigenvalue weighted by atomic mass is 79.9. The molecule has 2 N–H and O–H groups in total. The van der Waals surface area contributed by atoms with Gasteiger partial charge >= 0.3 is 0 Å². The predicted molar refractivity (Wildman–Crippen MR) is 62.2 cm³/mol. The number of rotatable bonds is 5. The van der Waals surface area contributed by atoms with Gasteiger partial charge in [0.15, 0.2) is 0 Å². The van der Waals surface area contributed by atoms with Crippen LogP contribution in [0.1, 0.15) is 9.67 Å². The van der Waals surface area contributed by atoms with E-state index in [2.05, 4.69) is 21.2 Å². The van der Waals surface area contributed by atoms with Crippen LogP contribution in [0.5, 0.6) is 0 Å². The fourth-order valence-electron chi connectivity index (χ4n) is 1.05. The SMILES string of the molecule is COCC(CO)NC(=O)c1sccc1Br. The number of nitrogens with one attached hydrogen (secondary N) is 1. The lowest BCUT2D eigenvalue weighted by atomic mass is 10.3. The Morgan fingerprint density at radius 2 is 2.53 bits per heavy atom. The van der Waals surface area contributed by atoms with Crippen molar-refractivity contribution in [1.82, 2.24) is 5.32 Å². The molecule has 1 atom stereocenters. The normalized spacial score (nSPS) is 12.5. The monoisotopic (exact) mass is 293 g/mol. The first kappa shape index (κ1) is 12.6. The molecule has 1 unspecified atom stereocenters. The molecule has 84 valence electrons. The minimum Gasteiger partial charge on any atom is -0.394 e. The van der Waals surface area contributed by atoms with Crippen molar-refractivity contribution in [2.75, 3.05) is 20.3 Å². The summed E-state index contributed by atoms with van der Waals surface area (Å²) in [6.07, 6.45) is 0. The molecule has 1 aromatic rings. The smallest absolute Gasteiger partial charge is 0.262 e. The predicted octanol–water partition coefficient (Wildman–Crippen LogP) is 1.25. The Morgan fingerprint density at radius 1 is 1.80 bits per heavy atom. The topological polar surface area (TPSA) is 58.6 Å². The third kappa shape index (κ3) is 3.57. The summed E-state index contributed by atoms with van der Waals surface area (Å²) in [7, 11) is 1.52. The molecule has 0 saturated carbocycles. The van der Waals surface area contributed by atoms with Gasteiger partial charge in [0.25, 0.3) is 5.91 Å². The number of carbonyl (C=O) groups is 1.